The minimum atomic E-state index is -4.23. The molecule has 0 bridgehead atoms. The molecule has 3 aromatic carbocycles. The van der Waals surface area contributed by atoms with E-state index in [1.807, 2.05) is 6.92 Å². The van der Waals surface area contributed by atoms with Gasteiger partial charge in [0, 0.05) is 29.2 Å². The van der Waals surface area contributed by atoms with Gasteiger partial charge < -0.3 is 15.0 Å². The number of ether oxygens (including phenoxy) is 1. The molecule has 11 heteroatoms. The Morgan fingerprint density at radius 2 is 1.57 bits per heavy atom. The summed E-state index contributed by atoms with van der Waals surface area (Å²) >= 11 is 12.8. The number of rotatable bonds is 12. The number of amides is 2. The van der Waals surface area contributed by atoms with Gasteiger partial charge >= 0.3 is 0 Å². The molecular weight excluding hydrogens is 573 g/mol. The lowest BCUT2D eigenvalue weighted by atomic mass is 10.1. The van der Waals surface area contributed by atoms with E-state index in [9.17, 15) is 18.0 Å². The van der Waals surface area contributed by atoms with Gasteiger partial charge in [-0.05, 0) is 56.7 Å². The Balaban J connectivity index is 2.15. The van der Waals surface area contributed by atoms with E-state index in [0.29, 0.717) is 21.4 Å². The van der Waals surface area contributed by atoms with E-state index in [1.165, 1.54) is 24.1 Å². The average Bonchev–Trinajstić information content (AvgIpc) is 2.93. The van der Waals surface area contributed by atoms with E-state index < -0.39 is 34.4 Å². The summed E-state index contributed by atoms with van der Waals surface area (Å²) in [6.07, 6.45) is 0.272. The number of hydrogen-bond acceptors (Lipinski definition) is 5. The molecule has 0 aliphatic rings. The second kappa shape index (κ2) is 13.9. The zero-order valence-corrected chi connectivity index (χ0v) is 25.2. The maximum absolute atomic E-state index is 14.1. The first-order chi connectivity index (χ1) is 19.0. The normalized spacial score (nSPS) is 11.9. The van der Waals surface area contributed by atoms with Crippen molar-refractivity contribution in [1.82, 2.24) is 10.2 Å². The highest BCUT2D eigenvalue weighted by Gasteiger charge is 2.35. The molecule has 1 N–H and O–H groups in total. The van der Waals surface area contributed by atoms with Gasteiger partial charge in [0.05, 0.1) is 17.2 Å². The van der Waals surface area contributed by atoms with E-state index in [-0.39, 0.29) is 30.2 Å². The number of sulfonamides is 1. The SMILES string of the molecule is CCOc1ccccc1N(CC(=O)N(Cc1c(Cl)cccc1Cl)[C@H](CC)C(=O)NC)S(=O)(=O)c1ccc(C)cc1. The van der Waals surface area contributed by atoms with Crippen LogP contribution in [0.2, 0.25) is 10.0 Å². The van der Waals surface area contributed by atoms with Crippen LogP contribution in [0.4, 0.5) is 5.69 Å². The largest absolute Gasteiger partial charge is 0.492 e. The van der Waals surface area contributed by atoms with Crippen LogP contribution in [-0.4, -0.2) is 51.4 Å². The molecule has 0 aliphatic heterocycles. The molecule has 3 rings (SSSR count). The third kappa shape index (κ3) is 7.08. The third-order valence-electron chi connectivity index (χ3n) is 6.34. The second-order valence-corrected chi connectivity index (χ2v) is 11.7. The molecule has 2 amide bonds. The number of para-hydroxylation sites is 2. The monoisotopic (exact) mass is 605 g/mol. The van der Waals surface area contributed by atoms with Crippen LogP contribution in [0.3, 0.4) is 0 Å². The Morgan fingerprint density at radius 3 is 2.15 bits per heavy atom. The van der Waals surface area contributed by atoms with Crippen molar-refractivity contribution in [3.63, 3.8) is 0 Å². The summed E-state index contributed by atoms with van der Waals surface area (Å²) in [4.78, 5) is 28.3. The van der Waals surface area contributed by atoms with Gasteiger partial charge in [0.25, 0.3) is 10.0 Å². The summed E-state index contributed by atoms with van der Waals surface area (Å²) in [5.41, 5.74) is 1.53. The molecule has 0 aliphatic carbocycles. The van der Waals surface area contributed by atoms with Gasteiger partial charge in [-0.2, -0.15) is 0 Å². The van der Waals surface area contributed by atoms with E-state index in [1.54, 1.807) is 68.4 Å². The number of carbonyl (C=O) groups is 2. The predicted octanol–water partition coefficient (Wildman–Crippen LogP) is 5.45. The number of anilines is 1. The second-order valence-electron chi connectivity index (χ2n) is 8.99. The van der Waals surface area contributed by atoms with Crippen molar-refractivity contribution in [2.45, 2.75) is 44.7 Å². The van der Waals surface area contributed by atoms with Crippen molar-refractivity contribution in [1.29, 1.82) is 0 Å². The highest BCUT2D eigenvalue weighted by Crippen LogP contribution is 2.33. The van der Waals surface area contributed by atoms with Gasteiger partial charge in [-0.1, -0.05) is 66.0 Å². The molecule has 0 aromatic heterocycles. The number of aryl methyl sites for hydroxylation is 1. The average molecular weight is 607 g/mol. The number of hydrogen-bond donors (Lipinski definition) is 1. The maximum Gasteiger partial charge on any atom is 0.264 e. The molecule has 8 nitrogen and oxygen atoms in total. The van der Waals surface area contributed by atoms with E-state index >= 15 is 0 Å². The molecule has 0 heterocycles. The van der Waals surface area contributed by atoms with Gasteiger partial charge in [-0.25, -0.2) is 8.42 Å². The fraction of sp³-hybridized carbons (Fsp3) is 0.310. The number of carbonyl (C=O) groups excluding carboxylic acids is 2. The first-order valence-corrected chi connectivity index (χ1v) is 15.0. The molecule has 3 aromatic rings. The molecule has 40 heavy (non-hydrogen) atoms. The summed E-state index contributed by atoms with van der Waals surface area (Å²) in [6.45, 7) is 4.98. The molecular formula is C29H33Cl2N3O5S. The Labute approximate surface area is 245 Å². The summed E-state index contributed by atoms with van der Waals surface area (Å²) in [5.74, 6) is -0.720. The standard InChI is InChI=1S/C29H33Cl2N3O5S/c1-5-25(29(36)32-4)33(18-22-23(30)10-9-11-24(22)31)28(35)19-34(26-12-7-8-13-27(26)39-6-2)40(37,38)21-16-14-20(3)15-17-21/h7-17,25H,5-6,18-19H2,1-4H3,(H,32,36)/t25-/m1/s1. The van der Waals surface area contributed by atoms with Gasteiger partial charge in [0.1, 0.15) is 18.3 Å². The van der Waals surface area contributed by atoms with Crippen molar-refractivity contribution in [2.75, 3.05) is 24.5 Å². The highest BCUT2D eigenvalue weighted by atomic mass is 35.5. The minimum absolute atomic E-state index is 0.0104. The summed E-state index contributed by atoms with van der Waals surface area (Å²) in [6, 6.07) is 17.0. The van der Waals surface area contributed by atoms with Gasteiger partial charge in [0.15, 0.2) is 0 Å². The quantitative estimate of drug-likeness (QED) is 0.296. The van der Waals surface area contributed by atoms with Crippen LogP contribution in [0.1, 0.15) is 31.4 Å². The van der Waals surface area contributed by atoms with E-state index in [4.69, 9.17) is 27.9 Å². The molecule has 0 spiro atoms. The number of nitrogens with zero attached hydrogens (tertiary/aromatic N) is 2. The number of nitrogens with one attached hydrogen (secondary N) is 1. The maximum atomic E-state index is 14.1. The summed E-state index contributed by atoms with van der Waals surface area (Å²) < 4.78 is 34.8. The lowest BCUT2D eigenvalue weighted by Gasteiger charge is -2.33. The molecule has 0 saturated heterocycles. The number of likely N-dealkylation sites (N-methyl/N-ethyl adjacent to an activating group) is 1. The summed E-state index contributed by atoms with van der Waals surface area (Å²) in [7, 11) is -2.76. The van der Waals surface area contributed by atoms with Crippen molar-refractivity contribution in [2.24, 2.45) is 0 Å². The van der Waals surface area contributed by atoms with Crippen molar-refractivity contribution >= 4 is 50.7 Å². The third-order valence-corrected chi connectivity index (χ3v) is 8.83. The van der Waals surface area contributed by atoms with E-state index in [2.05, 4.69) is 5.32 Å². The fourth-order valence-electron chi connectivity index (χ4n) is 4.23. The molecule has 0 unspecified atom stereocenters. The van der Waals surface area contributed by atoms with Gasteiger partial charge in [-0.15, -0.1) is 0 Å². The van der Waals surface area contributed by atoms with Crippen molar-refractivity contribution in [3.8, 4) is 5.75 Å². The number of benzene rings is 3. The summed E-state index contributed by atoms with van der Waals surface area (Å²) in [5, 5.41) is 3.23. The Kier molecular flexibility index (Phi) is 10.8. The van der Waals surface area contributed by atoms with Crippen LogP contribution in [0.25, 0.3) is 0 Å². The van der Waals surface area contributed by atoms with Gasteiger partial charge in [0.2, 0.25) is 11.8 Å². The first-order valence-electron chi connectivity index (χ1n) is 12.8. The van der Waals surface area contributed by atoms with E-state index in [0.717, 1.165) is 9.87 Å². The number of halogens is 2. The van der Waals surface area contributed by atoms with Crippen LogP contribution in [0.5, 0.6) is 5.75 Å². The van der Waals surface area contributed by atoms with Crippen LogP contribution in [-0.2, 0) is 26.2 Å². The van der Waals surface area contributed by atoms with Crippen LogP contribution < -0.4 is 14.4 Å². The predicted molar refractivity (Wildman–Crippen MR) is 158 cm³/mol. The Bertz CT molecular complexity index is 1430. The molecule has 214 valence electrons. The zero-order valence-electron chi connectivity index (χ0n) is 22.9. The lowest BCUT2D eigenvalue weighted by Crippen LogP contribution is -2.51. The lowest BCUT2D eigenvalue weighted by molar-refractivity contribution is -0.140. The zero-order chi connectivity index (χ0) is 29.4. The topological polar surface area (TPSA) is 96.0 Å². The Morgan fingerprint density at radius 1 is 0.950 bits per heavy atom. The van der Waals surface area contributed by atoms with Gasteiger partial charge in [-0.3, -0.25) is 13.9 Å². The van der Waals surface area contributed by atoms with Crippen LogP contribution in [0, 0.1) is 6.92 Å². The molecule has 1 atom stereocenters. The van der Waals surface area contributed by atoms with Crippen molar-refractivity contribution in [3.05, 3.63) is 87.9 Å². The molecule has 0 saturated carbocycles. The van der Waals surface area contributed by atoms with Crippen LogP contribution >= 0.6 is 23.2 Å². The van der Waals surface area contributed by atoms with Crippen LogP contribution in [0.15, 0.2) is 71.6 Å². The Hall–Kier alpha value is -3.27. The molecule has 0 radical (unpaired) electrons. The first kappa shape index (κ1) is 31.3. The molecule has 0 fully saturated rings. The fourth-order valence-corrected chi connectivity index (χ4v) is 6.17. The minimum Gasteiger partial charge on any atom is -0.492 e. The van der Waals surface area contributed by atoms with Crippen molar-refractivity contribution < 1.29 is 22.7 Å². The smallest absolute Gasteiger partial charge is 0.264 e. The highest BCUT2D eigenvalue weighted by molar-refractivity contribution is 7.92.